The first-order chi connectivity index (χ1) is 11.8. The highest BCUT2D eigenvalue weighted by atomic mass is 16.7. The maximum Gasteiger partial charge on any atom is 0.348 e. The van der Waals surface area contributed by atoms with E-state index in [4.69, 9.17) is 18.9 Å². The van der Waals surface area contributed by atoms with Crippen molar-refractivity contribution in [1.29, 1.82) is 0 Å². The number of ether oxygens (including phenoxy) is 4. The van der Waals surface area contributed by atoms with Gasteiger partial charge in [0.2, 0.25) is 0 Å². The molecule has 1 aliphatic rings. The molecule has 0 amide bonds. The van der Waals surface area contributed by atoms with Gasteiger partial charge in [0.05, 0.1) is 14.2 Å². The van der Waals surface area contributed by atoms with Gasteiger partial charge in [-0.1, -0.05) is 12.1 Å². The number of esters is 2. The fourth-order valence-electron chi connectivity index (χ4n) is 2.68. The number of hydrogen-bond donors (Lipinski definition) is 0. The van der Waals surface area contributed by atoms with Crippen LogP contribution in [0.4, 0.5) is 0 Å². The average molecular weight is 342 g/mol. The van der Waals surface area contributed by atoms with E-state index in [9.17, 15) is 9.59 Å². The molecule has 2 aromatic carbocycles. The second-order valence-electron chi connectivity index (χ2n) is 6.01. The summed E-state index contributed by atoms with van der Waals surface area (Å²) in [5, 5.41) is 1.68. The van der Waals surface area contributed by atoms with Gasteiger partial charge in [0.25, 0.3) is 5.79 Å². The summed E-state index contributed by atoms with van der Waals surface area (Å²) < 4.78 is 20.9. The van der Waals surface area contributed by atoms with Gasteiger partial charge in [-0.05, 0) is 35.0 Å². The minimum Gasteiger partial charge on any atom is -0.497 e. The van der Waals surface area contributed by atoms with Crippen LogP contribution in [0.3, 0.4) is 0 Å². The molecule has 0 radical (unpaired) electrons. The lowest BCUT2D eigenvalue weighted by atomic mass is 10.0. The molecule has 1 heterocycles. The number of benzene rings is 2. The Hall–Kier alpha value is -3.02. The maximum atomic E-state index is 12.2. The summed E-state index contributed by atoms with van der Waals surface area (Å²) in [5.41, 5.74) is 0.385. The van der Waals surface area contributed by atoms with E-state index < -0.39 is 17.7 Å². The van der Waals surface area contributed by atoms with E-state index in [1.807, 2.05) is 24.3 Å². The average Bonchev–Trinajstić information content (AvgIpc) is 2.56. The molecule has 1 aliphatic heterocycles. The third-order valence-electron chi connectivity index (χ3n) is 3.86. The second kappa shape index (κ2) is 6.12. The summed E-state index contributed by atoms with van der Waals surface area (Å²) in [6.07, 6.45) is 1.43. The zero-order valence-corrected chi connectivity index (χ0v) is 14.4. The van der Waals surface area contributed by atoms with Crippen LogP contribution >= 0.6 is 0 Å². The smallest absolute Gasteiger partial charge is 0.348 e. The van der Waals surface area contributed by atoms with E-state index in [-0.39, 0.29) is 5.57 Å². The van der Waals surface area contributed by atoms with Crippen molar-refractivity contribution in [3.8, 4) is 11.5 Å². The lowest BCUT2D eigenvalue weighted by Gasteiger charge is -2.29. The molecule has 3 rings (SSSR count). The Kier molecular flexibility index (Phi) is 4.12. The molecule has 6 heteroatoms. The van der Waals surface area contributed by atoms with E-state index in [1.54, 1.807) is 13.2 Å². The molecule has 6 nitrogen and oxygen atoms in total. The molecule has 0 aromatic heterocycles. The molecule has 0 atom stereocenters. The lowest BCUT2D eigenvalue weighted by molar-refractivity contribution is -0.222. The van der Waals surface area contributed by atoms with Gasteiger partial charge < -0.3 is 18.9 Å². The molecule has 25 heavy (non-hydrogen) atoms. The molecule has 1 saturated heterocycles. The van der Waals surface area contributed by atoms with E-state index in [2.05, 4.69) is 0 Å². The monoisotopic (exact) mass is 342 g/mol. The third-order valence-corrected chi connectivity index (χ3v) is 3.86. The number of carbonyl (C=O) groups excluding carboxylic acids is 2. The summed E-state index contributed by atoms with van der Waals surface area (Å²) in [6.45, 7) is 3.01. The van der Waals surface area contributed by atoms with Crippen LogP contribution in [0.1, 0.15) is 19.4 Å². The highest BCUT2D eigenvalue weighted by molar-refractivity contribution is 6.20. The van der Waals surface area contributed by atoms with Crippen LogP contribution in [0, 0.1) is 0 Å². The van der Waals surface area contributed by atoms with Crippen LogP contribution in [0.25, 0.3) is 16.8 Å². The Morgan fingerprint density at radius 1 is 0.960 bits per heavy atom. The summed E-state index contributed by atoms with van der Waals surface area (Å²) in [7, 11) is 3.08. The lowest BCUT2D eigenvalue weighted by Crippen LogP contribution is -2.41. The van der Waals surface area contributed by atoms with Crippen LogP contribution < -0.4 is 9.47 Å². The molecular formula is C19H18O6. The Morgan fingerprint density at radius 3 is 2.20 bits per heavy atom. The van der Waals surface area contributed by atoms with Gasteiger partial charge in [-0.3, -0.25) is 0 Å². The molecule has 130 valence electrons. The van der Waals surface area contributed by atoms with Crippen molar-refractivity contribution in [2.75, 3.05) is 14.2 Å². The van der Waals surface area contributed by atoms with Gasteiger partial charge in [-0.25, -0.2) is 9.59 Å². The van der Waals surface area contributed by atoms with Crippen molar-refractivity contribution in [3.63, 3.8) is 0 Å². The van der Waals surface area contributed by atoms with Crippen molar-refractivity contribution in [3.05, 3.63) is 41.5 Å². The Labute approximate surface area is 144 Å². The SMILES string of the molecule is COc1ccc2ccc(OC)c(C=C3C(=O)OC(C)(C)OC3=O)c2c1. The minimum atomic E-state index is -1.28. The van der Waals surface area contributed by atoms with Crippen LogP contribution in [-0.2, 0) is 19.1 Å². The number of cyclic esters (lactones) is 2. The predicted molar refractivity (Wildman–Crippen MR) is 91.3 cm³/mol. The number of carbonyl (C=O) groups is 2. The Balaban J connectivity index is 2.20. The van der Waals surface area contributed by atoms with Gasteiger partial charge in [0, 0.05) is 19.4 Å². The number of hydrogen-bond acceptors (Lipinski definition) is 6. The minimum absolute atomic E-state index is 0.187. The van der Waals surface area contributed by atoms with Gasteiger partial charge in [0.1, 0.15) is 17.1 Å². The van der Waals surface area contributed by atoms with Gasteiger partial charge >= 0.3 is 11.9 Å². The normalized spacial score (nSPS) is 16.2. The summed E-state index contributed by atoms with van der Waals surface area (Å²) in [6, 6.07) is 9.18. The molecule has 0 aliphatic carbocycles. The summed E-state index contributed by atoms with van der Waals surface area (Å²) in [4.78, 5) is 24.5. The van der Waals surface area contributed by atoms with Crippen molar-refractivity contribution in [1.82, 2.24) is 0 Å². The van der Waals surface area contributed by atoms with Crippen molar-refractivity contribution in [2.24, 2.45) is 0 Å². The van der Waals surface area contributed by atoms with E-state index >= 15 is 0 Å². The van der Waals surface area contributed by atoms with Gasteiger partial charge in [-0.2, -0.15) is 0 Å². The molecular weight excluding hydrogens is 324 g/mol. The highest BCUT2D eigenvalue weighted by Crippen LogP contribution is 2.34. The zero-order chi connectivity index (χ0) is 18.2. The van der Waals surface area contributed by atoms with E-state index in [0.29, 0.717) is 17.1 Å². The Morgan fingerprint density at radius 2 is 1.60 bits per heavy atom. The number of rotatable bonds is 3. The highest BCUT2D eigenvalue weighted by Gasteiger charge is 2.39. The third kappa shape index (κ3) is 3.15. The van der Waals surface area contributed by atoms with Crippen LogP contribution in [-0.4, -0.2) is 31.9 Å². The first-order valence-electron chi connectivity index (χ1n) is 7.68. The first-order valence-corrected chi connectivity index (χ1v) is 7.68. The first kappa shape index (κ1) is 16.8. The zero-order valence-electron chi connectivity index (χ0n) is 14.4. The summed E-state index contributed by atoms with van der Waals surface area (Å²) in [5.74, 6) is -1.59. The topological polar surface area (TPSA) is 71.1 Å². The predicted octanol–water partition coefficient (Wildman–Crippen LogP) is 3.08. The molecule has 0 bridgehead atoms. The fraction of sp³-hybridized carbons (Fsp3) is 0.263. The van der Waals surface area contributed by atoms with E-state index in [1.165, 1.54) is 27.0 Å². The van der Waals surface area contributed by atoms with E-state index in [0.717, 1.165) is 10.8 Å². The number of fused-ring (bicyclic) bond motifs is 1. The van der Waals surface area contributed by atoms with Crippen LogP contribution in [0.2, 0.25) is 0 Å². The van der Waals surface area contributed by atoms with Crippen molar-refractivity contribution in [2.45, 2.75) is 19.6 Å². The van der Waals surface area contributed by atoms with Crippen molar-refractivity contribution >= 4 is 28.8 Å². The molecule has 2 aromatic rings. The van der Waals surface area contributed by atoms with Gasteiger partial charge in [0.15, 0.2) is 0 Å². The van der Waals surface area contributed by atoms with Crippen LogP contribution in [0.5, 0.6) is 11.5 Å². The quantitative estimate of drug-likeness (QED) is 0.485. The van der Waals surface area contributed by atoms with Crippen LogP contribution in [0.15, 0.2) is 35.9 Å². The Bertz CT molecular complexity index is 867. The molecule has 0 saturated carbocycles. The molecule has 0 spiro atoms. The second-order valence-corrected chi connectivity index (χ2v) is 6.01. The van der Waals surface area contributed by atoms with Gasteiger partial charge in [-0.15, -0.1) is 0 Å². The largest absolute Gasteiger partial charge is 0.497 e. The standard InChI is InChI=1S/C19H18O6/c1-19(2)24-17(20)15(18(21)25-19)10-14-13-9-12(22-3)7-5-11(13)6-8-16(14)23-4/h5-10H,1-4H3. The summed E-state index contributed by atoms with van der Waals surface area (Å²) >= 11 is 0. The fourth-order valence-corrected chi connectivity index (χ4v) is 2.68. The molecule has 0 unspecified atom stereocenters. The van der Waals surface area contributed by atoms with Crippen molar-refractivity contribution < 1.29 is 28.5 Å². The maximum absolute atomic E-state index is 12.2. The molecule has 1 fully saturated rings. The molecule has 0 N–H and O–H groups in total. The number of methoxy groups -OCH3 is 2.